The maximum absolute atomic E-state index is 13.2. The lowest BCUT2D eigenvalue weighted by molar-refractivity contribution is 0.0949. The van der Waals surface area contributed by atoms with E-state index < -0.39 is 10.0 Å². The Morgan fingerprint density at radius 3 is 2.31 bits per heavy atom. The number of carbonyl (C=O) groups excluding carboxylic acids is 1. The fraction of sp³-hybridized carbons (Fsp3) is 0.435. The average molecular weight is 479 g/mol. The van der Waals surface area contributed by atoms with Crippen molar-refractivity contribution in [2.24, 2.45) is 0 Å². The molecular formula is C23H31ClN4O3S. The summed E-state index contributed by atoms with van der Waals surface area (Å²) in [4.78, 5) is 17.1. The van der Waals surface area contributed by atoms with Crippen LogP contribution in [0, 0.1) is 0 Å². The zero-order chi connectivity index (χ0) is 23.1. The van der Waals surface area contributed by atoms with E-state index in [-0.39, 0.29) is 21.4 Å². The molecule has 1 fully saturated rings. The number of nitrogens with zero attached hydrogens (tertiary/aromatic N) is 3. The molecule has 2 aromatic rings. The Labute approximate surface area is 196 Å². The van der Waals surface area contributed by atoms with Crippen molar-refractivity contribution in [1.29, 1.82) is 0 Å². The Balaban J connectivity index is 1.67. The molecule has 1 aliphatic rings. The molecule has 1 saturated heterocycles. The zero-order valence-electron chi connectivity index (χ0n) is 18.6. The van der Waals surface area contributed by atoms with E-state index in [0.717, 1.165) is 25.3 Å². The summed E-state index contributed by atoms with van der Waals surface area (Å²) in [5.41, 5.74) is 1.26. The van der Waals surface area contributed by atoms with Gasteiger partial charge in [0.25, 0.3) is 5.91 Å². The maximum Gasteiger partial charge on any atom is 0.252 e. The van der Waals surface area contributed by atoms with Gasteiger partial charge in [-0.1, -0.05) is 43.6 Å². The summed E-state index contributed by atoms with van der Waals surface area (Å²) in [5, 5.41) is 3.08. The van der Waals surface area contributed by atoms with Gasteiger partial charge in [-0.3, -0.25) is 4.79 Å². The fourth-order valence-corrected chi connectivity index (χ4v) is 5.43. The van der Waals surface area contributed by atoms with E-state index >= 15 is 0 Å². The number of anilines is 1. The molecule has 0 aliphatic carbocycles. The van der Waals surface area contributed by atoms with Crippen LogP contribution in [0.15, 0.2) is 53.4 Å². The number of hydrogen-bond donors (Lipinski definition) is 1. The molecule has 0 spiro atoms. The molecule has 174 valence electrons. The van der Waals surface area contributed by atoms with Gasteiger partial charge in [-0.25, -0.2) is 8.42 Å². The Kier molecular flexibility index (Phi) is 8.53. The molecule has 0 atom stereocenters. The summed E-state index contributed by atoms with van der Waals surface area (Å²) < 4.78 is 27.9. The number of para-hydroxylation sites is 1. The number of amides is 1. The zero-order valence-corrected chi connectivity index (χ0v) is 20.2. The predicted octanol–water partition coefficient (Wildman–Crippen LogP) is 2.92. The Hall–Kier alpha value is -2.13. The van der Waals surface area contributed by atoms with E-state index in [2.05, 4.69) is 29.0 Å². The van der Waals surface area contributed by atoms with Crippen LogP contribution >= 0.6 is 11.6 Å². The lowest BCUT2D eigenvalue weighted by Crippen LogP contribution is -2.48. The van der Waals surface area contributed by atoms with Crippen molar-refractivity contribution in [3.63, 3.8) is 0 Å². The van der Waals surface area contributed by atoms with Crippen LogP contribution in [0.3, 0.4) is 0 Å². The largest absolute Gasteiger partial charge is 0.369 e. The molecule has 9 heteroatoms. The highest BCUT2D eigenvalue weighted by molar-refractivity contribution is 7.89. The van der Waals surface area contributed by atoms with Crippen molar-refractivity contribution in [3.05, 3.63) is 59.1 Å². The molecule has 1 aliphatic heterocycles. The molecule has 0 aromatic heterocycles. The molecule has 32 heavy (non-hydrogen) atoms. The minimum Gasteiger partial charge on any atom is -0.369 e. The summed E-state index contributed by atoms with van der Waals surface area (Å²) in [6, 6.07) is 14.3. The van der Waals surface area contributed by atoms with E-state index in [4.69, 9.17) is 11.6 Å². The van der Waals surface area contributed by atoms with Gasteiger partial charge in [-0.05, 0) is 43.4 Å². The van der Waals surface area contributed by atoms with Crippen molar-refractivity contribution >= 4 is 33.2 Å². The van der Waals surface area contributed by atoms with Crippen LogP contribution in [0.25, 0.3) is 0 Å². The summed E-state index contributed by atoms with van der Waals surface area (Å²) >= 11 is 6.22. The van der Waals surface area contributed by atoms with Gasteiger partial charge in [0.2, 0.25) is 10.0 Å². The lowest BCUT2D eigenvalue weighted by atomic mass is 10.2. The van der Waals surface area contributed by atoms with Crippen LogP contribution in [0.2, 0.25) is 5.02 Å². The third-order valence-corrected chi connectivity index (χ3v) is 8.01. The summed E-state index contributed by atoms with van der Waals surface area (Å²) in [6.07, 6.45) is 0. The van der Waals surface area contributed by atoms with E-state index in [1.807, 2.05) is 30.3 Å². The highest BCUT2D eigenvalue weighted by Gasteiger charge is 2.29. The van der Waals surface area contributed by atoms with Crippen molar-refractivity contribution in [2.75, 3.05) is 57.3 Å². The highest BCUT2D eigenvalue weighted by Crippen LogP contribution is 2.25. The molecule has 1 amide bonds. The number of carbonyl (C=O) groups is 1. The normalized spacial score (nSPS) is 15.2. The monoisotopic (exact) mass is 478 g/mol. The predicted molar refractivity (Wildman–Crippen MR) is 129 cm³/mol. The highest BCUT2D eigenvalue weighted by atomic mass is 35.5. The molecule has 0 bridgehead atoms. The third-order valence-electron chi connectivity index (χ3n) is 5.79. The average Bonchev–Trinajstić information content (AvgIpc) is 2.82. The summed E-state index contributed by atoms with van der Waals surface area (Å²) in [5.74, 6) is -0.367. The Morgan fingerprint density at radius 1 is 1.03 bits per heavy atom. The molecule has 0 saturated carbocycles. The van der Waals surface area contributed by atoms with Crippen LogP contribution in [0.4, 0.5) is 5.69 Å². The Bertz CT molecular complexity index is 1010. The van der Waals surface area contributed by atoms with Crippen LogP contribution in [0.5, 0.6) is 0 Å². The van der Waals surface area contributed by atoms with Crippen LogP contribution in [0.1, 0.15) is 24.2 Å². The molecule has 0 unspecified atom stereocenters. The first-order valence-corrected chi connectivity index (χ1v) is 12.8. The van der Waals surface area contributed by atoms with Crippen molar-refractivity contribution in [1.82, 2.24) is 14.5 Å². The number of nitrogens with one attached hydrogen (secondary N) is 1. The molecule has 2 aromatic carbocycles. The van der Waals surface area contributed by atoms with Gasteiger partial charge in [0, 0.05) is 45.0 Å². The van der Waals surface area contributed by atoms with Crippen molar-refractivity contribution in [2.45, 2.75) is 18.7 Å². The standard InChI is InChI=1S/C23H31ClN4O3S/c1-3-26(4-2)13-12-25-23(29)21-18-20(10-11-22(21)24)32(30,31)28-16-14-27(15-17-28)19-8-6-5-7-9-19/h5-11,18H,3-4,12-17H2,1-2H3,(H,25,29). The second-order valence-corrected chi connectivity index (χ2v) is 10.00. The SMILES string of the molecule is CCN(CC)CCNC(=O)c1cc(S(=O)(=O)N2CCN(c3ccccc3)CC2)ccc1Cl. The molecule has 3 rings (SSSR count). The topological polar surface area (TPSA) is 73.0 Å². The van der Waals surface area contributed by atoms with Crippen molar-refractivity contribution in [3.8, 4) is 0 Å². The number of sulfonamides is 1. The van der Waals surface area contributed by atoms with Crippen molar-refractivity contribution < 1.29 is 13.2 Å². The lowest BCUT2D eigenvalue weighted by Gasteiger charge is -2.35. The van der Waals surface area contributed by atoms with E-state index in [1.54, 1.807) is 0 Å². The van der Waals surface area contributed by atoms with Crippen LogP contribution in [-0.2, 0) is 10.0 Å². The van der Waals surface area contributed by atoms with E-state index in [9.17, 15) is 13.2 Å². The first-order chi connectivity index (χ1) is 15.4. The van der Waals surface area contributed by atoms with Gasteiger partial charge < -0.3 is 15.1 Å². The summed E-state index contributed by atoms with van der Waals surface area (Å²) in [7, 11) is -3.72. The van der Waals surface area contributed by atoms with E-state index in [0.29, 0.717) is 32.7 Å². The molecule has 1 heterocycles. The van der Waals surface area contributed by atoms with Gasteiger partial charge in [-0.2, -0.15) is 4.31 Å². The van der Waals surface area contributed by atoms with Gasteiger partial charge in [-0.15, -0.1) is 0 Å². The maximum atomic E-state index is 13.2. The first-order valence-electron chi connectivity index (χ1n) is 11.0. The van der Waals surface area contributed by atoms with E-state index in [1.165, 1.54) is 22.5 Å². The molecule has 7 nitrogen and oxygen atoms in total. The first kappa shape index (κ1) is 24.5. The van der Waals surface area contributed by atoms with Gasteiger partial charge in [0.1, 0.15) is 0 Å². The molecule has 1 N–H and O–H groups in total. The molecular weight excluding hydrogens is 448 g/mol. The minimum atomic E-state index is -3.72. The minimum absolute atomic E-state index is 0.0870. The Morgan fingerprint density at radius 2 is 1.69 bits per heavy atom. The number of rotatable bonds is 9. The number of benzene rings is 2. The number of piperazine rings is 1. The summed E-state index contributed by atoms with van der Waals surface area (Å²) in [6.45, 7) is 9.10. The van der Waals surface area contributed by atoms with Crippen LogP contribution in [-0.4, -0.2) is 75.9 Å². The smallest absolute Gasteiger partial charge is 0.252 e. The fourth-order valence-electron chi connectivity index (χ4n) is 3.78. The number of likely N-dealkylation sites (N-methyl/N-ethyl adjacent to an activating group) is 1. The number of halogens is 1. The number of hydrogen-bond acceptors (Lipinski definition) is 5. The quantitative estimate of drug-likeness (QED) is 0.600. The second-order valence-electron chi connectivity index (χ2n) is 7.65. The third kappa shape index (κ3) is 5.81. The van der Waals surface area contributed by atoms with Gasteiger partial charge in [0.15, 0.2) is 0 Å². The van der Waals surface area contributed by atoms with Crippen LogP contribution < -0.4 is 10.2 Å². The van der Waals surface area contributed by atoms with Gasteiger partial charge in [0.05, 0.1) is 15.5 Å². The molecule has 0 radical (unpaired) electrons. The van der Waals surface area contributed by atoms with Gasteiger partial charge >= 0.3 is 0 Å². The second kappa shape index (κ2) is 11.1.